The van der Waals surface area contributed by atoms with Crippen LogP contribution in [-0.4, -0.2) is 20.3 Å². The van der Waals surface area contributed by atoms with Crippen molar-refractivity contribution in [3.05, 3.63) is 28.7 Å². The molecular weight excluding hydrogens is 406 g/mol. The fourth-order valence-electron chi connectivity index (χ4n) is 2.69. The number of benzene rings is 1. The standard InChI is InChI=1S/C14H19Br2NO2S/c15-9-11-4-1-2-5-12(11)10-17-20(18,19)14-7-3-6-13(16)8-14/h3,6-8,11-12,17H,1-2,4-5,9-10H2. The Kier molecular flexibility index (Phi) is 6.08. The molecule has 1 N–H and O–H groups in total. The second-order valence-electron chi connectivity index (χ2n) is 5.27. The van der Waals surface area contributed by atoms with Crippen LogP contribution in [0.3, 0.4) is 0 Å². The minimum absolute atomic E-state index is 0.318. The summed E-state index contributed by atoms with van der Waals surface area (Å²) < 4.78 is 28.1. The van der Waals surface area contributed by atoms with Gasteiger partial charge in [-0.05, 0) is 42.9 Å². The van der Waals surface area contributed by atoms with Crippen molar-refractivity contribution >= 4 is 41.9 Å². The molecule has 1 aliphatic rings. The monoisotopic (exact) mass is 423 g/mol. The zero-order chi connectivity index (χ0) is 14.6. The number of sulfonamides is 1. The number of hydrogen-bond acceptors (Lipinski definition) is 2. The van der Waals surface area contributed by atoms with Crippen molar-refractivity contribution in [2.75, 3.05) is 11.9 Å². The van der Waals surface area contributed by atoms with E-state index in [1.807, 2.05) is 6.07 Å². The first-order valence-electron chi connectivity index (χ1n) is 6.84. The Morgan fingerprint density at radius 1 is 1.20 bits per heavy atom. The lowest BCUT2D eigenvalue weighted by atomic mass is 9.80. The lowest BCUT2D eigenvalue weighted by Crippen LogP contribution is -2.34. The molecule has 2 rings (SSSR count). The predicted octanol–water partition coefficient (Wildman–Crippen LogP) is 3.93. The Labute approximate surface area is 137 Å². The Balaban J connectivity index is 2.02. The molecule has 20 heavy (non-hydrogen) atoms. The summed E-state index contributed by atoms with van der Waals surface area (Å²) >= 11 is 6.85. The van der Waals surface area contributed by atoms with Crippen LogP contribution in [0.4, 0.5) is 0 Å². The molecule has 0 aliphatic heterocycles. The molecule has 0 spiro atoms. The van der Waals surface area contributed by atoms with E-state index in [0.29, 0.717) is 23.3 Å². The van der Waals surface area contributed by atoms with Crippen LogP contribution in [0.25, 0.3) is 0 Å². The van der Waals surface area contributed by atoms with Gasteiger partial charge in [0.2, 0.25) is 10.0 Å². The van der Waals surface area contributed by atoms with Gasteiger partial charge in [0.15, 0.2) is 0 Å². The molecule has 1 aromatic rings. The molecule has 1 fully saturated rings. The molecule has 1 aliphatic carbocycles. The Bertz CT molecular complexity index is 548. The van der Waals surface area contributed by atoms with Gasteiger partial charge in [0.25, 0.3) is 0 Å². The van der Waals surface area contributed by atoms with Crippen molar-refractivity contribution in [3.8, 4) is 0 Å². The van der Waals surface area contributed by atoms with E-state index in [1.165, 1.54) is 19.3 Å². The van der Waals surface area contributed by atoms with Crippen molar-refractivity contribution in [2.45, 2.75) is 30.6 Å². The van der Waals surface area contributed by atoms with Crippen molar-refractivity contribution in [2.24, 2.45) is 11.8 Å². The van der Waals surface area contributed by atoms with Gasteiger partial charge in [0.1, 0.15) is 0 Å². The van der Waals surface area contributed by atoms with Crippen molar-refractivity contribution < 1.29 is 8.42 Å². The second kappa shape index (κ2) is 7.38. The van der Waals surface area contributed by atoms with E-state index in [0.717, 1.165) is 16.2 Å². The van der Waals surface area contributed by atoms with E-state index in [-0.39, 0.29) is 0 Å². The summed E-state index contributed by atoms with van der Waals surface area (Å²) in [6.45, 7) is 0.533. The zero-order valence-electron chi connectivity index (χ0n) is 11.2. The summed E-state index contributed by atoms with van der Waals surface area (Å²) in [4.78, 5) is 0.318. The van der Waals surface area contributed by atoms with Gasteiger partial charge in [-0.25, -0.2) is 13.1 Å². The van der Waals surface area contributed by atoms with Gasteiger partial charge in [0.05, 0.1) is 4.90 Å². The van der Waals surface area contributed by atoms with Gasteiger partial charge in [-0.1, -0.05) is 50.8 Å². The molecule has 1 saturated carbocycles. The van der Waals surface area contributed by atoms with Crippen molar-refractivity contribution in [1.82, 2.24) is 4.72 Å². The fourth-order valence-corrected chi connectivity index (χ4v) is 5.23. The predicted molar refractivity (Wildman–Crippen MR) is 88.6 cm³/mol. The first kappa shape index (κ1) is 16.5. The molecule has 2 unspecified atom stereocenters. The van der Waals surface area contributed by atoms with Crippen LogP contribution in [0.2, 0.25) is 0 Å². The van der Waals surface area contributed by atoms with Crippen LogP contribution in [0.5, 0.6) is 0 Å². The summed E-state index contributed by atoms with van der Waals surface area (Å²) in [5, 5.41) is 0.955. The smallest absolute Gasteiger partial charge is 0.211 e. The number of halogens is 2. The first-order chi connectivity index (χ1) is 9.53. The maximum absolute atomic E-state index is 12.3. The summed E-state index contributed by atoms with van der Waals surface area (Å²) in [5.41, 5.74) is 0. The molecule has 0 aromatic heterocycles. The quantitative estimate of drug-likeness (QED) is 0.727. The molecule has 112 valence electrons. The maximum atomic E-state index is 12.3. The lowest BCUT2D eigenvalue weighted by molar-refractivity contribution is 0.263. The Morgan fingerprint density at radius 3 is 2.55 bits per heavy atom. The van der Waals surface area contributed by atoms with Crippen molar-refractivity contribution in [1.29, 1.82) is 0 Å². The second-order valence-corrected chi connectivity index (χ2v) is 8.60. The van der Waals surface area contributed by atoms with Crippen LogP contribution in [0, 0.1) is 11.8 Å². The third-order valence-electron chi connectivity index (χ3n) is 3.91. The van der Waals surface area contributed by atoms with E-state index < -0.39 is 10.0 Å². The Hall–Kier alpha value is 0.0900. The number of nitrogens with one attached hydrogen (secondary N) is 1. The van der Waals surface area contributed by atoms with Crippen LogP contribution in [0.15, 0.2) is 33.6 Å². The van der Waals surface area contributed by atoms with E-state index >= 15 is 0 Å². The highest BCUT2D eigenvalue weighted by atomic mass is 79.9. The van der Waals surface area contributed by atoms with Gasteiger partial charge in [-0.3, -0.25) is 0 Å². The molecule has 0 bridgehead atoms. The van der Waals surface area contributed by atoms with Crippen LogP contribution >= 0.6 is 31.9 Å². The topological polar surface area (TPSA) is 46.2 Å². The molecule has 6 heteroatoms. The molecule has 0 radical (unpaired) electrons. The van der Waals surface area contributed by atoms with Crippen LogP contribution in [-0.2, 0) is 10.0 Å². The van der Waals surface area contributed by atoms with E-state index in [1.54, 1.807) is 18.2 Å². The van der Waals surface area contributed by atoms with Gasteiger partial charge in [-0.2, -0.15) is 0 Å². The number of hydrogen-bond donors (Lipinski definition) is 1. The van der Waals surface area contributed by atoms with Gasteiger partial charge >= 0.3 is 0 Å². The van der Waals surface area contributed by atoms with Crippen molar-refractivity contribution in [3.63, 3.8) is 0 Å². The first-order valence-corrected chi connectivity index (χ1v) is 10.2. The van der Waals surface area contributed by atoms with Gasteiger partial charge < -0.3 is 0 Å². The average Bonchev–Trinajstić information content (AvgIpc) is 2.45. The molecule has 1 aromatic carbocycles. The number of rotatable bonds is 5. The molecule has 0 amide bonds. The summed E-state index contributed by atoms with van der Waals surface area (Å²) in [6, 6.07) is 6.81. The van der Waals surface area contributed by atoms with Crippen LogP contribution in [0.1, 0.15) is 25.7 Å². The molecule has 0 saturated heterocycles. The minimum atomic E-state index is -3.41. The van der Waals surface area contributed by atoms with E-state index in [2.05, 4.69) is 36.6 Å². The summed E-state index contributed by atoms with van der Waals surface area (Å²) in [6.07, 6.45) is 4.75. The van der Waals surface area contributed by atoms with E-state index in [9.17, 15) is 8.42 Å². The van der Waals surface area contributed by atoms with Gasteiger partial charge in [0, 0.05) is 16.3 Å². The highest BCUT2D eigenvalue weighted by molar-refractivity contribution is 9.10. The third-order valence-corrected chi connectivity index (χ3v) is 6.65. The molecule has 0 heterocycles. The van der Waals surface area contributed by atoms with E-state index in [4.69, 9.17) is 0 Å². The highest BCUT2D eigenvalue weighted by Crippen LogP contribution is 2.31. The summed E-state index contributed by atoms with van der Waals surface area (Å²) in [5.74, 6) is 1.01. The zero-order valence-corrected chi connectivity index (χ0v) is 15.2. The third kappa shape index (κ3) is 4.29. The maximum Gasteiger partial charge on any atom is 0.240 e. The SMILES string of the molecule is O=S(=O)(NCC1CCCCC1CBr)c1cccc(Br)c1. The lowest BCUT2D eigenvalue weighted by Gasteiger charge is -2.30. The van der Waals surface area contributed by atoms with Crippen LogP contribution < -0.4 is 4.72 Å². The normalized spacial score (nSPS) is 23.7. The molecule has 2 atom stereocenters. The largest absolute Gasteiger partial charge is 0.240 e. The Morgan fingerprint density at radius 2 is 1.90 bits per heavy atom. The van der Waals surface area contributed by atoms with Gasteiger partial charge in [-0.15, -0.1) is 0 Å². The minimum Gasteiger partial charge on any atom is -0.211 e. The number of alkyl halides is 1. The molecular formula is C14H19Br2NO2S. The summed E-state index contributed by atoms with van der Waals surface area (Å²) in [7, 11) is -3.41. The molecule has 3 nitrogen and oxygen atoms in total. The highest BCUT2D eigenvalue weighted by Gasteiger charge is 2.26. The average molecular weight is 425 g/mol. The fraction of sp³-hybridized carbons (Fsp3) is 0.571.